The van der Waals surface area contributed by atoms with Crippen molar-refractivity contribution >= 4 is 11.6 Å². The molecule has 2 heterocycles. The zero-order chi connectivity index (χ0) is 13.9. The van der Waals surface area contributed by atoms with Gasteiger partial charge in [0.05, 0.1) is 0 Å². The third kappa shape index (κ3) is 2.66. The fourth-order valence-electron chi connectivity index (χ4n) is 3.14. The quantitative estimate of drug-likeness (QED) is 0.918. The van der Waals surface area contributed by atoms with E-state index in [1.54, 1.807) is 7.11 Å². The van der Waals surface area contributed by atoms with Gasteiger partial charge in [-0.1, -0.05) is 6.07 Å². The molecule has 4 nitrogen and oxygen atoms in total. The van der Waals surface area contributed by atoms with Crippen molar-refractivity contribution in [2.75, 3.05) is 38.7 Å². The molecule has 0 aromatic heterocycles. The molecule has 1 aromatic carbocycles. The molecule has 108 valence electrons. The van der Waals surface area contributed by atoms with E-state index < -0.39 is 0 Å². The van der Waals surface area contributed by atoms with Crippen molar-refractivity contribution in [3.05, 3.63) is 29.3 Å². The Morgan fingerprint density at radius 2 is 2.20 bits per heavy atom. The van der Waals surface area contributed by atoms with Crippen LogP contribution in [0.25, 0.3) is 0 Å². The fraction of sp³-hybridized carbons (Fsp3) is 0.562. The molecule has 1 saturated heterocycles. The number of likely N-dealkylation sites (tertiary alicyclic amines) is 1. The molecule has 3 rings (SSSR count). The smallest absolute Gasteiger partial charge is 0.253 e. The number of fused-ring (bicyclic) bond motifs is 1. The van der Waals surface area contributed by atoms with Crippen LogP contribution in [0.1, 0.15) is 28.8 Å². The third-order valence-corrected chi connectivity index (χ3v) is 4.37. The molecule has 0 bridgehead atoms. The first-order valence-corrected chi connectivity index (χ1v) is 7.43. The number of hydrogen-bond acceptors (Lipinski definition) is 3. The van der Waals surface area contributed by atoms with Crippen LogP contribution in [0.5, 0.6) is 0 Å². The van der Waals surface area contributed by atoms with E-state index in [2.05, 4.69) is 11.4 Å². The summed E-state index contributed by atoms with van der Waals surface area (Å²) in [5.74, 6) is 0.767. The molecule has 0 spiro atoms. The first kappa shape index (κ1) is 13.4. The molecule has 1 N–H and O–H groups in total. The number of ether oxygens (including phenoxy) is 1. The van der Waals surface area contributed by atoms with Gasteiger partial charge >= 0.3 is 0 Å². The van der Waals surface area contributed by atoms with E-state index in [1.165, 1.54) is 5.56 Å². The zero-order valence-electron chi connectivity index (χ0n) is 12.0. The summed E-state index contributed by atoms with van der Waals surface area (Å²) in [4.78, 5) is 14.5. The van der Waals surface area contributed by atoms with Gasteiger partial charge in [0.15, 0.2) is 0 Å². The second-order valence-electron chi connectivity index (χ2n) is 5.74. The Morgan fingerprint density at radius 3 is 2.95 bits per heavy atom. The Kier molecular flexibility index (Phi) is 3.92. The van der Waals surface area contributed by atoms with Crippen LogP contribution >= 0.6 is 0 Å². The number of amides is 1. The largest absolute Gasteiger partial charge is 0.384 e. The predicted molar refractivity (Wildman–Crippen MR) is 79.1 cm³/mol. The highest BCUT2D eigenvalue weighted by molar-refractivity contribution is 5.95. The summed E-state index contributed by atoms with van der Waals surface area (Å²) >= 11 is 0. The SMILES string of the molecule is COCC1CCN(C(=O)c2ccc3c(c2)NCC3)CC1. The van der Waals surface area contributed by atoms with E-state index in [4.69, 9.17) is 4.74 Å². The number of anilines is 1. The van der Waals surface area contributed by atoms with Crippen molar-refractivity contribution in [1.82, 2.24) is 4.90 Å². The molecule has 1 amide bonds. The summed E-state index contributed by atoms with van der Waals surface area (Å²) in [5, 5.41) is 3.33. The third-order valence-electron chi connectivity index (χ3n) is 4.37. The van der Waals surface area contributed by atoms with Gasteiger partial charge in [0.25, 0.3) is 5.91 Å². The Labute approximate surface area is 120 Å². The van der Waals surface area contributed by atoms with Gasteiger partial charge in [-0.3, -0.25) is 4.79 Å². The molecule has 0 atom stereocenters. The van der Waals surface area contributed by atoms with Gasteiger partial charge in [0.2, 0.25) is 0 Å². The van der Waals surface area contributed by atoms with Crippen LogP contribution in [-0.4, -0.2) is 44.2 Å². The lowest BCUT2D eigenvalue weighted by atomic mass is 9.97. The highest BCUT2D eigenvalue weighted by atomic mass is 16.5. The highest BCUT2D eigenvalue weighted by Gasteiger charge is 2.24. The number of hydrogen-bond donors (Lipinski definition) is 1. The lowest BCUT2D eigenvalue weighted by Gasteiger charge is -2.31. The number of piperidine rings is 1. The van der Waals surface area contributed by atoms with Crippen LogP contribution in [0.4, 0.5) is 5.69 Å². The van der Waals surface area contributed by atoms with Crippen LogP contribution in [-0.2, 0) is 11.2 Å². The Hall–Kier alpha value is -1.55. The molecule has 20 heavy (non-hydrogen) atoms. The number of nitrogens with one attached hydrogen (secondary N) is 1. The van der Waals surface area contributed by atoms with E-state index in [0.717, 1.165) is 56.8 Å². The first-order valence-electron chi connectivity index (χ1n) is 7.43. The van der Waals surface area contributed by atoms with Crippen molar-refractivity contribution in [2.24, 2.45) is 5.92 Å². The summed E-state index contributed by atoms with van der Waals surface area (Å²) in [6.45, 7) is 3.48. The number of carbonyl (C=O) groups is 1. The lowest BCUT2D eigenvalue weighted by molar-refractivity contribution is 0.0613. The van der Waals surface area contributed by atoms with Gasteiger partial charge in [-0.25, -0.2) is 0 Å². The number of nitrogens with zero attached hydrogens (tertiary/aromatic N) is 1. The number of methoxy groups -OCH3 is 1. The van der Waals surface area contributed by atoms with Crippen LogP contribution in [0, 0.1) is 5.92 Å². The van der Waals surface area contributed by atoms with Gasteiger partial charge in [-0.15, -0.1) is 0 Å². The van der Waals surface area contributed by atoms with Gasteiger partial charge in [-0.05, 0) is 42.9 Å². The molecular weight excluding hydrogens is 252 g/mol. The minimum absolute atomic E-state index is 0.164. The molecule has 2 aliphatic heterocycles. The normalized spacial score (nSPS) is 18.8. The standard InChI is InChI=1S/C16H22N2O2/c1-20-11-12-5-8-18(9-6-12)16(19)14-3-2-13-4-7-17-15(13)10-14/h2-3,10,12,17H,4-9,11H2,1H3. The summed E-state index contributed by atoms with van der Waals surface area (Å²) in [6, 6.07) is 6.06. The average Bonchev–Trinajstić information content (AvgIpc) is 2.95. The monoisotopic (exact) mass is 274 g/mol. The zero-order valence-corrected chi connectivity index (χ0v) is 12.0. The van der Waals surface area contributed by atoms with Crippen LogP contribution in [0.2, 0.25) is 0 Å². The van der Waals surface area contributed by atoms with E-state index in [1.807, 2.05) is 17.0 Å². The lowest BCUT2D eigenvalue weighted by Crippen LogP contribution is -2.39. The maximum Gasteiger partial charge on any atom is 0.253 e. The second kappa shape index (κ2) is 5.83. The van der Waals surface area contributed by atoms with Crippen molar-refractivity contribution in [2.45, 2.75) is 19.3 Å². The van der Waals surface area contributed by atoms with E-state index in [0.29, 0.717) is 5.92 Å². The maximum absolute atomic E-state index is 12.5. The van der Waals surface area contributed by atoms with E-state index in [-0.39, 0.29) is 5.91 Å². The van der Waals surface area contributed by atoms with Crippen LogP contribution < -0.4 is 5.32 Å². The molecule has 1 fully saturated rings. The van der Waals surface area contributed by atoms with Gasteiger partial charge in [0.1, 0.15) is 0 Å². The van der Waals surface area contributed by atoms with E-state index in [9.17, 15) is 4.79 Å². The van der Waals surface area contributed by atoms with Crippen molar-refractivity contribution in [3.8, 4) is 0 Å². The topological polar surface area (TPSA) is 41.6 Å². The van der Waals surface area contributed by atoms with Crippen LogP contribution in [0.15, 0.2) is 18.2 Å². The van der Waals surface area contributed by atoms with E-state index >= 15 is 0 Å². The summed E-state index contributed by atoms with van der Waals surface area (Å²) in [5.41, 5.74) is 3.26. The first-order chi connectivity index (χ1) is 9.78. The van der Waals surface area contributed by atoms with Crippen molar-refractivity contribution < 1.29 is 9.53 Å². The van der Waals surface area contributed by atoms with Crippen molar-refractivity contribution in [3.63, 3.8) is 0 Å². The number of benzene rings is 1. The maximum atomic E-state index is 12.5. The van der Waals surface area contributed by atoms with Gasteiger partial charge < -0.3 is 15.0 Å². The fourth-order valence-corrected chi connectivity index (χ4v) is 3.14. The van der Waals surface area contributed by atoms with Crippen LogP contribution in [0.3, 0.4) is 0 Å². The van der Waals surface area contributed by atoms with Gasteiger partial charge in [-0.2, -0.15) is 0 Å². The Balaban J connectivity index is 1.65. The summed E-state index contributed by atoms with van der Waals surface area (Å²) in [6.07, 6.45) is 3.15. The molecule has 1 aromatic rings. The Morgan fingerprint density at radius 1 is 1.40 bits per heavy atom. The number of rotatable bonds is 3. The number of carbonyl (C=O) groups excluding carboxylic acids is 1. The molecule has 2 aliphatic rings. The summed E-state index contributed by atoms with van der Waals surface area (Å²) < 4.78 is 5.20. The molecule has 0 aliphatic carbocycles. The molecular formula is C16H22N2O2. The van der Waals surface area contributed by atoms with Crippen molar-refractivity contribution in [1.29, 1.82) is 0 Å². The molecule has 0 radical (unpaired) electrons. The minimum Gasteiger partial charge on any atom is -0.384 e. The summed E-state index contributed by atoms with van der Waals surface area (Å²) in [7, 11) is 1.75. The molecule has 0 saturated carbocycles. The predicted octanol–water partition coefficient (Wildman–Crippen LogP) is 2.15. The molecule has 4 heteroatoms. The minimum atomic E-state index is 0.164. The van der Waals surface area contributed by atoms with Gasteiger partial charge in [0, 0.05) is 44.6 Å². The Bertz CT molecular complexity index is 493. The molecule has 0 unspecified atom stereocenters. The second-order valence-corrected chi connectivity index (χ2v) is 5.74. The highest BCUT2D eigenvalue weighted by Crippen LogP contribution is 2.25. The average molecular weight is 274 g/mol.